The Morgan fingerprint density at radius 1 is 1.17 bits per heavy atom. The van der Waals surface area contributed by atoms with Gasteiger partial charge in [-0.1, -0.05) is 0 Å². The maximum atomic E-state index is 12.9. The Hall–Kier alpha value is -2.94. The third kappa shape index (κ3) is 3.95. The van der Waals surface area contributed by atoms with Crippen molar-refractivity contribution in [2.75, 3.05) is 49.0 Å². The van der Waals surface area contributed by atoms with E-state index in [4.69, 9.17) is 14.5 Å². The molecule has 1 aliphatic heterocycles. The molecule has 2 aromatic heterocycles. The smallest absolute Gasteiger partial charge is 0.276 e. The first-order valence-corrected chi connectivity index (χ1v) is 10.5. The van der Waals surface area contributed by atoms with Crippen LogP contribution in [0.15, 0.2) is 30.5 Å². The first kappa shape index (κ1) is 19.4. The predicted octanol–water partition coefficient (Wildman–Crippen LogP) is 2.86. The van der Waals surface area contributed by atoms with E-state index in [1.807, 2.05) is 24.9 Å². The fraction of sp³-hybridized carbons (Fsp3) is 0.350. The molecule has 0 spiro atoms. The molecule has 1 aromatic carbocycles. The topological polar surface area (TPSA) is 81.0 Å². The maximum Gasteiger partial charge on any atom is 0.276 e. The van der Waals surface area contributed by atoms with Crippen molar-refractivity contribution in [3.63, 3.8) is 0 Å². The summed E-state index contributed by atoms with van der Waals surface area (Å²) in [6.45, 7) is 3.80. The molecule has 9 heteroatoms. The minimum absolute atomic E-state index is 0.315. The molecule has 0 unspecified atom stereocenters. The Bertz CT molecular complexity index is 1050. The summed E-state index contributed by atoms with van der Waals surface area (Å²) < 4.78 is 12.3. The van der Waals surface area contributed by atoms with E-state index in [0.717, 1.165) is 41.6 Å². The number of amides is 1. The number of aryl methyl sites for hydroxylation is 1. The summed E-state index contributed by atoms with van der Waals surface area (Å²) in [5.41, 5.74) is 2.52. The molecule has 1 N–H and O–H groups in total. The van der Waals surface area contributed by atoms with Crippen molar-refractivity contribution < 1.29 is 14.3 Å². The molecule has 1 fully saturated rings. The SMILES string of the molecule is COc1ccc(OC)c(NC(=O)c2cc3c(N4CCSCC4)nc(C)cn3n2)c1. The summed E-state index contributed by atoms with van der Waals surface area (Å²) >= 11 is 1.94. The van der Waals surface area contributed by atoms with Crippen LogP contribution in [0.3, 0.4) is 0 Å². The minimum atomic E-state index is -0.321. The van der Waals surface area contributed by atoms with Crippen LogP contribution in [-0.2, 0) is 0 Å². The van der Waals surface area contributed by atoms with Crippen molar-refractivity contribution in [2.24, 2.45) is 0 Å². The van der Waals surface area contributed by atoms with E-state index in [0.29, 0.717) is 22.9 Å². The number of carbonyl (C=O) groups is 1. The Morgan fingerprint density at radius 2 is 1.97 bits per heavy atom. The maximum absolute atomic E-state index is 12.9. The quantitative estimate of drug-likeness (QED) is 0.689. The number of carbonyl (C=O) groups excluding carboxylic acids is 1. The van der Waals surface area contributed by atoms with E-state index in [2.05, 4.69) is 15.3 Å². The van der Waals surface area contributed by atoms with Crippen LogP contribution in [0.2, 0.25) is 0 Å². The molecule has 8 nitrogen and oxygen atoms in total. The number of anilines is 2. The number of hydrogen-bond acceptors (Lipinski definition) is 7. The molecular weight excluding hydrogens is 390 g/mol. The molecule has 4 rings (SSSR count). The van der Waals surface area contributed by atoms with Gasteiger partial charge in [-0.2, -0.15) is 16.9 Å². The Labute approximate surface area is 173 Å². The summed E-state index contributed by atoms with van der Waals surface area (Å²) in [5.74, 6) is 3.86. The molecule has 0 saturated carbocycles. The van der Waals surface area contributed by atoms with E-state index in [9.17, 15) is 4.79 Å². The Morgan fingerprint density at radius 3 is 2.69 bits per heavy atom. The Balaban J connectivity index is 1.67. The van der Waals surface area contributed by atoms with Gasteiger partial charge in [0, 0.05) is 36.7 Å². The van der Waals surface area contributed by atoms with E-state index < -0.39 is 0 Å². The molecule has 1 amide bonds. The van der Waals surface area contributed by atoms with Gasteiger partial charge in [-0.25, -0.2) is 9.50 Å². The number of nitrogens with zero attached hydrogens (tertiary/aromatic N) is 4. The highest BCUT2D eigenvalue weighted by molar-refractivity contribution is 7.99. The van der Waals surface area contributed by atoms with E-state index in [1.165, 1.54) is 0 Å². The molecule has 0 aliphatic carbocycles. The normalized spacial score (nSPS) is 14.1. The van der Waals surface area contributed by atoms with Crippen molar-refractivity contribution >= 4 is 34.7 Å². The first-order valence-electron chi connectivity index (χ1n) is 9.32. The molecule has 1 aliphatic rings. The number of ether oxygens (including phenoxy) is 2. The van der Waals surface area contributed by atoms with Crippen LogP contribution in [0.1, 0.15) is 16.2 Å². The second-order valence-corrected chi connectivity index (χ2v) is 7.91. The van der Waals surface area contributed by atoms with E-state index in [-0.39, 0.29) is 5.91 Å². The lowest BCUT2D eigenvalue weighted by atomic mass is 10.2. The zero-order valence-electron chi connectivity index (χ0n) is 16.6. The highest BCUT2D eigenvalue weighted by Gasteiger charge is 2.20. The van der Waals surface area contributed by atoms with Crippen molar-refractivity contribution in [3.8, 4) is 11.5 Å². The van der Waals surface area contributed by atoms with Gasteiger partial charge < -0.3 is 19.7 Å². The average molecular weight is 414 g/mol. The molecule has 1 saturated heterocycles. The lowest BCUT2D eigenvalue weighted by molar-refractivity contribution is 0.102. The number of aromatic nitrogens is 3. The summed E-state index contributed by atoms with van der Waals surface area (Å²) in [6, 6.07) is 7.02. The predicted molar refractivity (Wildman–Crippen MR) is 115 cm³/mol. The molecular formula is C20H23N5O3S. The van der Waals surface area contributed by atoms with Crippen LogP contribution >= 0.6 is 11.8 Å². The number of nitrogens with one attached hydrogen (secondary N) is 1. The summed E-state index contributed by atoms with van der Waals surface area (Å²) in [7, 11) is 3.13. The summed E-state index contributed by atoms with van der Waals surface area (Å²) in [4.78, 5) is 19.9. The van der Waals surface area contributed by atoms with Crippen molar-refractivity contribution in [3.05, 3.63) is 41.9 Å². The van der Waals surface area contributed by atoms with Crippen LogP contribution in [0.4, 0.5) is 11.5 Å². The van der Waals surface area contributed by atoms with Crippen LogP contribution < -0.4 is 19.7 Å². The third-order valence-corrected chi connectivity index (χ3v) is 5.70. The van der Waals surface area contributed by atoms with Crippen molar-refractivity contribution in [2.45, 2.75) is 6.92 Å². The molecule has 29 heavy (non-hydrogen) atoms. The molecule has 0 atom stereocenters. The van der Waals surface area contributed by atoms with E-state index >= 15 is 0 Å². The zero-order chi connectivity index (χ0) is 20.4. The van der Waals surface area contributed by atoms with Crippen LogP contribution in [0.5, 0.6) is 11.5 Å². The average Bonchev–Trinajstić information content (AvgIpc) is 3.17. The standard InChI is InChI=1S/C20H23N5O3S/c1-13-12-25-17(19(21-13)24-6-8-29-9-7-24)11-16(23-25)20(26)22-15-10-14(27-2)4-5-18(15)28-3/h4-5,10-12H,6-9H2,1-3H3,(H,22,26). The molecule has 3 heterocycles. The monoisotopic (exact) mass is 413 g/mol. The largest absolute Gasteiger partial charge is 0.497 e. The van der Waals surface area contributed by atoms with Gasteiger partial charge in [0.1, 0.15) is 17.0 Å². The minimum Gasteiger partial charge on any atom is -0.497 e. The van der Waals surface area contributed by atoms with Crippen LogP contribution in [0, 0.1) is 6.92 Å². The first-order chi connectivity index (χ1) is 14.1. The molecule has 0 radical (unpaired) electrons. The number of benzene rings is 1. The van der Waals surface area contributed by atoms with Gasteiger partial charge in [0.25, 0.3) is 5.91 Å². The number of rotatable bonds is 5. The number of thioether (sulfide) groups is 1. The summed E-state index contributed by atoms with van der Waals surface area (Å²) in [5, 5.41) is 7.35. The van der Waals surface area contributed by atoms with Gasteiger partial charge in [-0.05, 0) is 19.1 Å². The lowest BCUT2D eigenvalue weighted by Gasteiger charge is -2.28. The fourth-order valence-corrected chi connectivity index (χ4v) is 4.21. The second-order valence-electron chi connectivity index (χ2n) is 6.69. The highest BCUT2D eigenvalue weighted by Crippen LogP contribution is 2.30. The van der Waals surface area contributed by atoms with Gasteiger partial charge in [0.2, 0.25) is 0 Å². The third-order valence-electron chi connectivity index (χ3n) is 4.75. The van der Waals surface area contributed by atoms with Crippen LogP contribution in [-0.4, -0.2) is 59.3 Å². The van der Waals surface area contributed by atoms with Gasteiger partial charge in [0.05, 0.1) is 31.8 Å². The van der Waals surface area contributed by atoms with Gasteiger partial charge in [0.15, 0.2) is 11.5 Å². The number of fused-ring (bicyclic) bond motifs is 1. The van der Waals surface area contributed by atoms with Crippen LogP contribution in [0.25, 0.3) is 5.52 Å². The second kappa shape index (κ2) is 8.20. The highest BCUT2D eigenvalue weighted by atomic mass is 32.2. The van der Waals surface area contributed by atoms with Gasteiger partial charge in [-0.15, -0.1) is 0 Å². The lowest BCUT2D eigenvalue weighted by Crippen LogP contribution is -2.33. The van der Waals surface area contributed by atoms with Crippen molar-refractivity contribution in [1.82, 2.24) is 14.6 Å². The summed E-state index contributed by atoms with van der Waals surface area (Å²) in [6.07, 6.45) is 1.83. The van der Waals surface area contributed by atoms with Gasteiger partial charge in [-0.3, -0.25) is 4.79 Å². The number of hydrogen-bond donors (Lipinski definition) is 1. The van der Waals surface area contributed by atoms with E-state index in [1.54, 1.807) is 43.0 Å². The van der Waals surface area contributed by atoms with Crippen molar-refractivity contribution in [1.29, 1.82) is 0 Å². The molecule has 0 bridgehead atoms. The molecule has 3 aromatic rings. The molecule has 152 valence electrons. The zero-order valence-corrected chi connectivity index (χ0v) is 17.5. The van der Waals surface area contributed by atoms with Gasteiger partial charge >= 0.3 is 0 Å². The fourth-order valence-electron chi connectivity index (χ4n) is 3.31. The Kier molecular flexibility index (Phi) is 5.48. The number of methoxy groups -OCH3 is 2.